The molecule has 120 valence electrons. The lowest BCUT2D eigenvalue weighted by atomic mass is 10.3. The summed E-state index contributed by atoms with van der Waals surface area (Å²) in [5, 5.41) is 3.39. The first-order valence-corrected chi connectivity index (χ1v) is 7.97. The first-order chi connectivity index (χ1) is 11.3. The predicted octanol–water partition coefficient (Wildman–Crippen LogP) is 1.61. The molecule has 3 heterocycles. The summed E-state index contributed by atoms with van der Waals surface area (Å²) in [5.74, 6) is 1.94. The van der Waals surface area contributed by atoms with Crippen LogP contribution >= 0.6 is 0 Å². The Balaban J connectivity index is 1.38. The number of nitrogens with zero attached hydrogens (tertiary/aromatic N) is 4. The van der Waals surface area contributed by atoms with E-state index in [1.165, 1.54) is 19.1 Å². The topological polar surface area (TPSA) is 74.5 Å². The van der Waals surface area contributed by atoms with Gasteiger partial charge in [-0.3, -0.25) is 4.79 Å². The van der Waals surface area contributed by atoms with Gasteiger partial charge in [-0.1, -0.05) is 0 Å². The molecular formula is C16H19N5O2. The van der Waals surface area contributed by atoms with Crippen LogP contribution in [-0.4, -0.2) is 53.0 Å². The third kappa shape index (κ3) is 3.13. The minimum absolute atomic E-state index is 0.0558. The zero-order chi connectivity index (χ0) is 15.6. The summed E-state index contributed by atoms with van der Waals surface area (Å²) in [6, 6.07) is 5.90. The Morgan fingerprint density at radius 2 is 2.04 bits per heavy atom. The van der Waals surface area contributed by atoms with Gasteiger partial charge in [-0.15, -0.1) is 0 Å². The molecule has 0 bridgehead atoms. The summed E-state index contributed by atoms with van der Waals surface area (Å²) >= 11 is 0. The van der Waals surface area contributed by atoms with Gasteiger partial charge in [-0.05, 0) is 31.0 Å². The van der Waals surface area contributed by atoms with Gasteiger partial charge >= 0.3 is 0 Å². The number of hydrogen-bond donors (Lipinski definition) is 1. The number of amides is 1. The van der Waals surface area contributed by atoms with Crippen LogP contribution in [0.3, 0.4) is 0 Å². The van der Waals surface area contributed by atoms with Crippen molar-refractivity contribution in [1.82, 2.24) is 14.9 Å². The van der Waals surface area contributed by atoms with E-state index in [0.29, 0.717) is 24.9 Å². The molecule has 1 saturated heterocycles. The van der Waals surface area contributed by atoms with E-state index in [9.17, 15) is 4.79 Å². The lowest BCUT2D eigenvalue weighted by Gasteiger charge is -2.34. The molecule has 2 aromatic heterocycles. The molecule has 2 aromatic rings. The number of carbonyl (C=O) groups excluding carboxylic acids is 1. The summed E-state index contributed by atoms with van der Waals surface area (Å²) in [4.78, 5) is 25.1. The van der Waals surface area contributed by atoms with Crippen molar-refractivity contribution in [2.45, 2.75) is 18.9 Å². The number of rotatable bonds is 4. The van der Waals surface area contributed by atoms with E-state index >= 15 is 0 Å². The Bertz CT molecular complexity index is 676. The Hall–Kier alpha value is -2.57. The largest absolute Gasteiger partial charge is 0.459 e. The Kier molecular flexibility index (Phi) is 3.61. The lowest BCUT2D eigenvalue weighted by molar-refractivity contribution is 0.0714. The average molecular weight is 313 g/mol. The van der Waals surface area contributed by atoms with Crippen LogP contribution < -0.4 is 10.2 Å². The molecule has 1 N–H and O–H groups in total. The molecule has 7 nitrogen and oxygen atoms in total. The first kappa shape index (κ1) is 14.0. The van der Waals surface area contributed by atoms with E-state index in [4.69, 9.17) is 4.42 Å². The van der Waals surface area contributed by atoms with Crippen LogP contribution in [0.25, 0.3) is 0 Å². The van der Waals surface area contributed by atoms with E-state index in [1.54, 1.807) is 18.3 Å². The molecule has 0 radical (unpaired) electrons. The van der Waals surface area contributed by atoms with E-state index in [0.717, 1.165) is 24.9 Å². The maximum atomic E-state index is 12.3. The van der Waals surface area contributed by atoms with Crippen LogP contribution in [0.5, 0.6) is 0 Å². The SMILES string of the molecule is O=C(c1ccco1)N1CCN(c2nccc(NC3CC3)n2)CC1. The second kappa shape index (κ2) is 5.91. The molecule has 7 heteroatoms. The van der Waals surface area contributed by atoms with Crippen molar-refractivity contribution < 1.29 is 9.21 Å². The maximum Gasteiger partial charge on any atom is 0.289 e. The smallest absolute Gasteiger partial charge is 0.289 e. The van der Waals surface area contributed by atoms with E-state index in [-0.39, 0.29) is 5.91 Å². The zero-order valence-electron chi connectivity index (χ0n) is 12.8. The van der Waals surface area contributed by atoms with Gasteiger partial charge in [-0.2, -0.15) is 4.98 Å². The van der Waals surface area contributed by atoms with Crippen LogP contribution in [0.2, 0.25) is 0 Å². The van der Waals surface area contributed by atoms with E-state index in [2.05, 4.69) is 20.2 Å². The summed E-state index contributed by atoms with van der Waals surface area (Å²) in [6.45, 7) is 2.73. The van der Waals surface area contributed by atoms with Gasteiger partial charge in [0.2, 0.25) is 5.95 Å². The third-order valence-corrected chi connectivity index (χ3v) is 4.15. The number of hydrogen-bond acceptors (Lipinski definition) is 6. The van der Waals surface area contributed by atoms with Crippen LogP contribution in [0.4, 0.5) is 11.8 Å². The van der Waals surface area contributed by atoms with Crippen LogP contribution in [-0.2, 0) is 0 Å². The Morgan fingerprint density at radius 3 is 2.74 bits per heavy atom. The summed E-state index contributed by atoms with van der Waals surface area (Å²) in [6.07, 6.45) is 5.74. The van der Waals surface area contributed by atoms with E-state index in [1.807, 2.05) is 11.0 Å². The molecule has 0 spiro atoms. The van der Waals surface area contributed by atoms with Gasteiger partial charge in [0.1, 0.15) is 5.82 Å². The van der Waals surface area contributed by atoms with Crippen LogP contribution in [0, 0.1) is 0 Å². The fraction of sp³-hybridized carbons (Fsp3) is 0.438. The van der Waals surface area contributed by atoms with Crippen molar-refractivity contribution in [3.63, 3.8) is 0 Å². The highest BCUT2D eigenvalue weighted by Crippen LogP contribution is 2.24. The van der Waals surface area contributed by atoms with Gasteiger partial charge in [0, 0.05) is 38.4 Å². The molecule has 0 unspecified atom stereocenters. The van der Waals surface area contributed by atoms with Gasteiger partial charge in [0.05, 0.1) is 6.26 Å². The highest BCUT2D eigenvalue weighted by Gasteiger charge is 2.25. The van der Waals surface area contributed by atoms with Crippen molar-refractivity contribution in [3.8, 4) is 0 Å². The van der Waals surface area contributed by atoms with Crippen molar-refractivity contribution >= 4 is 17.7 Å². The van der Waals surface area contributed by atoms with Gasteiger partial charge < -0.3 is 19.5 Å². The number of nitrogens with one attached hydrogen (secondary N) is 1. The predicted molar refractivity (Wildman–Crippen MR) is 85.5 cm³/mol. The fourth-order valence-electron chi connectivity index (χ4n) is 2.68. The molecule has 1 aliphatic carbocycles. The minimum Gasteiger partial charge on any atom is -0.459 e. The number of piperazine rings is 1. The molecule has 1 aliphatic heterocycles. The molecule has 1 saturated carbocycles. The van der Waals surface area contributed by atoms with Crippen LogP contribution in [0.1, 0.15) is 23.4 Å². The molecule has 0 atom stereocenters. The van der Waals surface area contributed by atoms with Crippen LogP contribution in [0.15, 0.2) is 35.1 Å². The van der Waals surface area contributed by atoms with Gasteiger partial charge in [0.15, 0.2) is 5.76 Å². The second-order valence-electron chi connectivity index (χ2n) is 5.92. The number of anilines is 2. The molecule has 4 rings (SSSR count). The molecule has 0 aromatic carbocycles. The molecule has 2 aliphatic rings. The van der Waals surface area contributed by atoms with Crippen molar-refractivity contribution in [2.24, 2.45) is 0 Å². The number of aromatic nitrogens is 2. The normalized spacial score (nSPS) is 18.1. The average Bonchev–Trinajstić information content (AvgIpc) is 3.24. The molecule has 2 fully saturated rings. The molecule has 23 heavy (non-hydrogen) atoms. The first-order valence-electron chi connectivity index (χ1n) is 7.97. The minimum atomic E-state index is -0.0558. The second-order valence-corrected chi connectivity index (χ2v) is 5.92. The molecular weight excluding hydrogens is 294 g/mol. The third-order valence-electron chi connectivity index (χ3n) is 4.15. The zero-order valence-corrected chi connectivity index (χ0v) is 12.8. The lowest BCUT2D eigenvalue weighted by Crippen LogP contribution is -2.49. The monoisotopic (exact) mass is 313 g/mol. The Labute approximate surface area is 134 Å². The highest BCUT2D eigenvalue weighted by molar-refractivity contribution is 5.91. The fourth-order valence-corrected chi connectivity index (χ4v) is 2.68. The van der Waals surface area contributed by atoms with Gasteiger partial charge in [0.25, 0.3) is 5.91 Å². The number of furan rings is 1. The van der Waals surface area contributed by atoms with Crippen molar-refractivity contribution in [3.05, 3.63) is 36.4 Å². The quantitative estimate of drug-likeness (QED) is 0.924. The molecule has 1 amide bonds. The number of carbonyl (C=O) groups is 1. The van der Waals surface area contributed by atoms with Gasteiger partial charge in [-0.25, -0.2) is 4.98 Å². The summed E-state index contributed by atoms with van der Waals surface area (Å²) in [7, 11) is 0. The summed E-state index contributed by atoms with van der Waals surface area (Å²) in [5.41, 5.74) is 0. The summed E-state index contributed by atoms with van der Waals surface area (Å²) < 4.78 is 5.18. The van der Waals surface area contributed by atoms with E-state index < -0.39 is 0 Å². The van der Waals surface area contributed by atoms with Crippen molar-refractivity contribution in [1.29, 1.82) is 0 Å². The highest BCUT2D eigenvalue weighted by atomic mass is 16.3. The van der Waals surface area contributed by atoms with Crippen molar-refractivity contribution in [2.75, 3.05) is 36.4 Å². The Morgan fingerprint density at radius 1 is 1.22 bits per heavy atom. The maximum absolute atomic E-state index is 12.3. The standard InChI is InChI=1S/C16H19N5O2/c22-15(13-2-1-11-23-13)20-7-9-21(10-8-20)16-17-6-5-14(19-16)18-12-3-4-12/h1-2,5-6,11-12H,3-4,7-10H2,(H,17,18,19).